The number of benzene rings is 1. The molecule has 0 aliphatic carbocycles. The Kier molecular flexibility index (Phi) is 10.1. The van der Waals surface area contributed by atoms with Crippen molar-refractivity contribution in [3.8, 4) is 0 Å². The predicted octanol–water partition coefficient (Wildman–Crippen LogP) is 2.43. The van der Waals surface area contributed by atoms with E-state index in [4.69, 9.17) is 0 Å². The standard InChI is InChI=1S/C19H30N6O.HI/c1-14(2)23-18(26)10-12-22-19(20-4)21-11-7-13-25-15(3)24-16-8-5-6-9-17(16)25;/h5-6,8-9,14H,7,10-13H2,1-4H3,(H,23,26)(H2,20,21,22);1H. The predicted molar refractivity (Wildman–Crippen MR) is 122 cm³/mol. The molecule has 0 saturated heterocycles. The molecule has 2 aromatic rings. The lowest BCUT2D eigenvalue weighted by Crippen LogP contribution is -2.40. The van der Waals surface area contributed by atoms with Crippen molar-refractivity contribution >= 4 is 46.9 Å². The first-order valence-electron chi connectivity index (χ1n) is 9.17. The first-order valence-corrected chi connectivity index (χ1v) is 9.17. The minimum atomic E-state index is 0. The van der Waals surface area contributed by atoms with E-state index in [-0.39, 0.29) is 35.9 Å². The van der Waals surface area contributed by atoms with Crippen LogP contribution >= 0.6 is 24.0 Å². The zero-order valence-corrected chi connectivity index (χ0v) is 18.9. The van der Waals surface area contributed by atoms with Gasteiger partial charge in [-0.15, -0.1) is 24.0 Å². The second-order valence-electron chi connectivity index (χ2n) is 6.55. The Morgan fingerprint density at radius 1 is 1.22 bits per heavy atom. The molecular formula is C19H31IN6O. The number of aromatic nitrogens is 2. The maximum absolute atomic E-state index is 11.6. The summed E-state index contributed by atoms with van der Waals surface area (Å²) in [4.78, 5) is 20.4. The van der Waals surface area contributed by atoms with Gasteiger partial charge in [0.25, 0.3) is 0 Å². The SMILES string of the molecule is CN=C(NCCCn1c(C)nc2ccccc21)NCCC(=O)NC(C)C.I. The van der Waals surface area contributed by atoms with Gasteiger partial charge in [-0.3, -0.25) is 9.79 Å². The van der Waals surface area contributed by atoms with Crippen LogP contribution in [-0.4, -0.2) is 47.6 Å². The molecule has 7 nitrogen and oxygen atoms in total. The third-order valence-electron chi connectivity index (χ3n) is 4.01. The number of halogens is 1. The van der Waals surface area contributed by atoms with Crippen LogP contribution in [0.3, 0.4) is 0 Å². The molecule has 150 valence electrons. The third-order valence-corrected chi connectivity index (χ3v) is 4.01. The summed E-state index contributed by atoms with van der Waals surface area (Å²) in [6, 6.07) is 8.36. The highest BCUT2D eigenvalue weighted by molar-refractivity contribution is 14.0. The lowest BCUT2D eigenvalue weighted by Gasteiger charge is -2.13. The molecule has 1 aromatic heterocycles. The van der Waals surface area contributed by atoms with Crippen LogP contribution in [0.1, 0.15) is 32.5 Å². The molecule has 27 heavy (non-hydrogen) atoms. The molecule has 0 aliphatic heterocycles. The van der Waals surface area contributed by atoms with Gasteiger partial charge in [-0.1, -0.05) is 12.1 Å². The molecule has 3 N–H and O–H groups in total. The van der Waals surface area contributed by atoms with E-state index in [2.05, 4.69) is 36.6 Å². The van der Waals surface area contributed by atoms with Gasteiger partial charge in [0.2, 0.25) is 5.91 Å². The minimum Gasteiger partial charge on any atom is -0.356 e. The Bertz CT molecular complexity index is 756. The summed E-state index contributed by atoms with van der Waals surface area (Å²) in [5.41, 5.74) is 2.21. The summed E-state index contributed by atoms with van der Waals surface area (Å²) in [6.07, 6.45) is 1.38. The summed E-state index contributed by atoms with van der Waals surface area (Å²) in [5.74, 6) is 1.80. The van der Waals surface area contributed by atoms with Crippen LogP contribution in [0.4, 0.5) is 0 Å². The van der Waals surface area contributed by atoms with Gasteiger partial charge in [0.1, 0.15) is 5.82 Å². The number of guanidine groups is 1. The molecule has 0 aliphatic rings. The van der Waals surface area contributed by atoms with E-state index in [0.29, 0.717) is 13.0 Å². The average Bonchev–Trinajstić information content (AvgIpc) is 2.91. The molecule has 0 radical (unpaired) electrons. The molecule has 0 spiro atoms. The van der Waals surface area contributed by atoms with Crippen LogP contribution in [0, 0.1) is 6.92 Å². The third kappa shape index (κ3) is 7.36. The number of hydrogen-bond acceptors (Lipinski definition) is 3. The van der Waals surface area contributed by atoms with Gasteiger partial charge in [0.05, 0.1) is 11.0 Å². The molecule has 0 unspecified atom stereocenters. The van der Waals surface area contributed by atoms with Crippen molar-refractivity contribution in [3.63, 3.8) is 0 Å². The highest BCUT2D eigenvalue weighted by Gasteiger charge is 2.07. The molecular weight excluding hydrogens is 455 g/mol. The van der Waals surface area contributed by atoms with Crippen molar-refractivity contribution in [2.75, 3.05) is 20.1 Å². The minimum absolute atomic E-state index is 0. The Labute approximate surface area is 178 Å². The molecule has 1 aromatic carbocycles. The summed E-state index contributed by atoms with van der Waals surface area (Å²) in [6.45, 7) is 8.20. The maximum Gasteiger partial charge on any atom is 0.221 e. The molecule has 1 amide bonds. The van der Waals surface area contributed by atoms with Crippen LogP contribution in [0.5, 0.6) is 0 Å². The second kappa shape index (κ2) is 11.8. The molecule has 0 saturated carbocycles. The van der Waals surface area contributed by atoms with Gasteiger partial charge in [-0.2, -0.15) is 0 Å². The van der Waals surface area contributed by atoms with Gasteiger partial charge in [0, 0.05) is 39.1 Å². The average molecular weight is 486 g/mol. The van der Waals surface area contributed by atoms with Gasteiger partial charge in [0.15, 0.2) is 5.96 Å². The highest BCUT2D eigenvalue weighted by atomic mass is 127. The van der Waals surface area contributed by atoms with E-state index in [1.807, 2.05) is 39.0 Å². The van der Waals surface area contributed by atoms with Gasteiger partial charge in [-0.05, 0) is 39.3 Å². The number of imidazole rings is 1. The Morgan fingerprint density at radius 2 is 1.93 bits per heavy atom. The van der Waals surface area contributed by atoms with Gasteiger partial charge in [-0.25, -0.2) is 4.98 Å². The highest BCUT2D eigenvalue weighted by Crippen LogP contribution is 2.15. The number of para-hydroxylation sites is 2. The van der Waals surface area contributed by atoms with Crippen LogP contribution < -0.4 is 16.0 Å². The number of nitrogens with one attached hydrogen (secondary N) is 3. The fourth-order valence-corrected chi connectivity index (χ4v) is 2.83. The molecule has 1 heterocycles. The van der Waals surface area contributed by atoms with Gasteiger partial charge >= 0.3 is 0 Å². The van der Waals surface area contributed by atoms with Gasteiger partial charge < -0.3 is 20.5 Å². The van der Waals surface area contributed by atoms with Crippen molar-refractivity contribution in [3.05, 3.63) is 30.1 Å². The second-order valence-corrected chi connectivity index (χ2v) is 6.55. The van der Waals surface area contributed by atoms with Crippen LogP contribution in [0.25, 0.3) is 11.0 Å². The molecule has 2 rings (SSSR count). The van der Waals surface area contributed by atoms with E-state index in [0.717, 1.165) is 36.8 Å². The Hall–Kier alpha value is -1.84. The van der Waals surface area contributed by atoms with Crippen molar-refractivity contribution < 1.29 is 4.79 Å². The number of nitrogens with zero attached hydrogens (tertiary/aromatic N) is 3. The number of carbonyl (C=O) groups excluding carboxylic acids is 1. The first kappa shape index (κ1) is 23.2. The smallest absolute Gasteiger partial charge is 0.221 e. The normalized spacial score (nSPS) is 11.4. The number of aliphatic imine (C=N–C) groups is 1. The van der Waals surface area contributed by atoms with Crippen LogP contribution in [0.15, 0.2) is 29.3 Å². The van der Waals surface area contributed by atoms with Crippen molar-refractivity contribution in [2.24, 2.45) is 4.99 Å². The summed E-state index contributed by atoms with van der Waals surface area (Å²) in [5, 5.41) is 9.33. The number of amides is 1. The molecule has 0 atom stereocenters. The number of aryl methyl sites for hydroxylation is 2. The topological polar surface area (TPSA) is 83.3 Å². The Morgan fingerprint density at radius 3 is 2.63 bits per heavy atom. The number of carbonyl (C=O) groups is 1. The fraction of sp³-hybridized carbons (Fsp3) is 0.526. The van der Waals surface area contributed by atoms with Crippen molar-refractivity contribution in [1.82, 2.24) is 25.5 Å². The molecule has 0 fully saturated rings. The van der Waals surface area contributed by atoms with Crippen molar-refractivity contribution in [1.29, 1.82) is 0 Å². The number of hydrogen-bond donors (Lipinski definition) is 3. The molecule has 8 heteroatoms. The zero-order chi connectivity index (χ0) is 18.9. The summed E-state index contributed by atoms with van der Waals surface area (Å²) < 4.78 is 2.24. The maximum atomic E-state index is 11.6. The van der Waals surface area contributed by atoms with Crippen molar-refractivity contribution in [2.45, 2.75) is 46.2 Å². The number of fused-ring (bicyclic) bond motifs is 1. The van der Waals surface area contributed by atoms with Crippen LogP contribution in [-0.2, 0) is 11.3 Å². The summed E-state index contributed by atoms with van der Waals surface area (Å²) in [7, 11) is 1.73. The van der Waals surface area contributed by atoms with E-state index >= 15 is 0 Å². The quantitative estimate of drug-likeness (QED) is 0.232. The van der Waals surface area contributed by atoms with E-state index in [1.54, 1.807) is 7.05 Å². The Balaban J connectivity index is 0.00000364. The van der Waals surface area contributed by atoms with E-state index in [9.17, 15) is 4.79 Å². The first-order chi connectivity index (χ1) is 12.5. The zero-order valence-electron chi connectivity index (χ0n) is 16.6. The molecule has 0 bridgehead atoms. The van der Waals surface area contributed by atoms with Crippen LogP contribution in [0.2, 0.25) is 0 Å². The monoisotopic (exact) mass is 486 g/mol. The number of rotatable bonds is 8. The fourth-order valence-electron chi connectivity index (χ4n) is 2.83. The largest absolute Gasteiger partial charge is 0.356 e. The lowest BCUT2D eigenvalue weighted by atomic mass is 10.3. The van der Waals surface area contributed by atoms with E-state index < -0.39 is 0 Å². The van der Waals surface area contributed by atoms with E-state index in [1.165, 1.54) is 5.52 Å². The lowest BCUT2D eigenvalue weighted by molar-refractivity contribution is -0.121. The summed E-state index contributed by atoms with van der Waals surface area (Å²) >= 11 is 0.